The molecule has 2 atom stereocenters. The third-order valence-electron chi connectivity index (χ3n) is 7.88. The molecule has 2 unspecified atom stereocenters. The van der Waals surface area contributed by atoms with Gasteiger partial charge in [0.05, 0.1) is 44.0 Å². The number of carbonyl (C=O) groups excluding carboxylic acids is 2. The van der Waals surface area contributed by atoms with E-state index in [9.17, 15) is 35.5 Å². The number of amides is 2. The van der Waals surface area contributed by atoms with Crippen LogP contribution >= 0.6 is 0 Å². The van der Waals surface area contributed by atoms with Crippen LogP contribution in [0.5, 0.6) is 0 Å². The van der Waals surface area contributed by atoms with Crippen molar-refractivity contribution in [3.63, 3.8) is 0 Å². The molecule has 0 aliphatic carbocycles. The summed E-state index contributed by atoms with van der Waals surface area (Å²) in [6.07, 6.45) is 0.347. The number of benzene rings is 4. The Bertz CT molecular complexity index is 2210. The lowest BCUT2D eigenvalue weighted by Gasteiger charge is -2.13. The normalized spacial score (nSPS) is 18.3. The molecule has 0 aromatic heterocycles. The van der Waals surface area contributed by atoms with Gasteiger partial charge in [-0.05, 0) is 85.6 Å². The Kier molecular flexibility index (Phi) is 9.50. The van der Waals surface area contributed by atoms with Gasteiger partial charge in [-0.15, -0.1) is 0 Å². The summed E-state index contributed by atoms with van der Waals surface area (Å²) in [6, 6.07) is 22.4. The van der Waals surface area contributed by atoms with Crippen molar-refractivity contribution in [2.24, 2.45) is 30.7 Å². The van der Waals surface area contributed by atoms with Crippen LogP contribution in [-0.4, -0.2) is 61.3 Å². The summed E-state index contributed by atoms with van der Waals surface area (Å²) in [6.45, 7) is 3.25. The van der Waals surface area contributed by atoms with Gasteiger partial charge >= 0.3 is 0 Å². The molecule has 2 N–H and O–H groups in total. The summed E-state index contributed by atoms with van der Waals surface area (Å²) < 4.78 is 64.0. The topological polar surface area (TPSA) is 224 Å². The van der Waals surface area contributed by atoms with Crippen LogP contribution in [0, 0.1) is 0 Å². The van der Waals surface area contributed by atoms with Crippen LogP contribution in [0.15, 0.2) is 138 Å². The first kappa shape index (κ1) is 35.0. The maximum atomic E-state index is 13.2. The van der Waals surface area contributed by atoms with Crippen LogP contribution in [0.25, 0.3) is 0 Å². The van der Waals surface area contributed by atoms with E-state index in [4.69, 9.17) is 0 Å². The summed E-state index contributed by atoms with van der Waals surface area (Å²) in [7, 11) is -8.80. The predicted molar refractivity (Wildman–Crippen MR) is 186 cm³/mol. The van der Waals surface area contributed by atoms with Gasteiger partial charge in [0.25, 0.3) is 32.1 Å². The van der Waals surface area contributed by atoms with Crippen molar-refractivity contribution in [1.82, 2.24) is 0 Å². The van der Waals surface area contributed by atoms with Crippen molar-refractivity contribution in [3.05, 3.63) is 108 Å². The van der Waals surface area contributed by atoms with Crippen molar-refractivity contribution >= 4 is 66.2 Å². The van der Waals surface area contributed by atoms with Crippen molar-refractivity contribution < 1.29 is 35.5 Å². The Morgan fingerprint density at radius 2 is 0.941 bits per heavy atom. The monoisotopic (exact) mass is 728 g/mol. The molecular weight excluding hydrogens is 701 g/mol. The summed E-state index contributed by atoms with van der Waals surface area (Å²) in [5.41, 5.74) is 3.83. The van der Waals surface area contributed by atoms with Gasteiger partial charge in [-0.2, -0.15) is 57.5 Å². The van der Waals surface area contributed by atoms with Crippen molar-refractivity contribution in [1.29, 1.82) is 0 Å². The van der Waals surface area contributed by atoms with Gasteiger partial charge in [-0.25, -0.2) is 0 Å². The first-order chi connectivity index (χ1) is 24.2. The van der Waals surface area contributed by atoms with Gasteiger partial charge in [0.1, 0.15) is 0 Å². The second-order valence-corrected chi connectivity index (χ2v) is 14.2. The Labute approximate surface area is 292 Å². The maximum Gasteiger partial charge on any atom is 0.294 e. The first-order valence-corrected chi connectivity index (χ1v) is 18.0. The van der Waals surface area contributed by atoms with E-state index >= 15 is 0 Å². The highest BCUT2D eigenvalue weighted by Crippen LogP contribution is 2.30. The molecule has 2 amide bonds. The minimum absolute atomic E-state index is 0.290. The van der Waals surface area contributed by atoms with E-state index in [1.807, 2.05) is 24.3 Å². The van der Waals surface area contributed by atoms with Crippen LogP contribution < -0.4 is 10.0 Å². The van der Waals surface area contributed by atoms with Gasteiger partial charge < -0.3 is 0 Å². The van der Waals surface area contributed by atoms with Crippen molar-refractivity contribution in [2.45, 2.75) is 42.1 Å². The second kappa shape index (κ2) is 13.8. The summed E-state index contributed by atoms with van der Waals surface area (Å²) in [4.78, 5) is 25.8. The van der Waals surface area contributed by atoms with E-state index in [1.165, 1.54) is 24.3 Å². The lowest BCUT2D eigenvalue weighted by molar-refractivity contribution is -0.118. The fourth-order valence-electron chi connectivity index (χ4n) is 5.23. The predicted octanol–water partition coefficient (Wildman–Crippen LogP) is 5.52. The number of hydrogen-bond donors (Lipinski definition) is 2. The highest BCUT2D eigenvalue weighted by molar-refractivity contribution is 7.86. The van der Waals surface area contributed by atoms with Crippen molar-refractivity contribution in [3.8, 4) is 0 Å². The average molecular weight is 729 g/mol. The quantitative estimate of drug-likeness (QED) is 0.156. The van der Waals surface area contributed by atoms with Gasteiger partial charge in [-0.3, -0.25) is 18.7 Å². The third-order valence-corrected chi connectivity index (χ3v) is 9.61. The molecule has 16 nitrogen and oxygen atoms in total. The summed E-state index contributed by atoms with van der Waals surface area (Å²) in [5.74, 6) is -0.985. The van der Waals surface area contributed by atoms with Crippen LogP contribution in [0.2, 0.25) is 0 Å². The molecule has 2 aliphatic rings. The zero-order valence-corrected chi connectivity index (χ0v) is 28.5. The van der Waals surface area contributed by atoms with Crippen molar-refractivity contribution in [2.75, 3.05) is 10.0 Å². The summed E-state index contributed by atoms with van der Waals surface area (Å²) in [5, 5.41) is 28.1. The Hall–Kier alpha value is -5.82. The van der Waals surface area contributed by atoms with Crippen LogP contribution in [0.1, 0.15) is 25.0 Å². The zero-order chi connectivity index (χ0) is 36.5. The van der Waals surface area contributed by atoms with E-state index < -0.39 is 44.1 Å². The summed E-state index contributed by atoms with van der Waals surface area (Å²) >= 11 is 0. The Balaban J connectivity index is 1.17. The van der Waals surface area contributed by atoms with E-state index in [1.54, 1.807) is 38.1 Å². The van der Waals surface area contributed by atoms with Gasteiger partial charge in [0.2, 0.25) is 0 Å². The molecule has 2 aliphatic heterocycles. The number of anilines is 2. The molecular formula is C33H28N8O8S2. The molecule has 51 heavy (non-hydrogen) atoms. The van der Waals surface area contributed by atoms with Crippen LogP contribution in [0.3, 0.4) is 0 Å². The lowest BCUT2D eigenvalue weighted by atomic mass is 10.0. The SMILES string of the molecule is CC1=NN(c2ccc(S(=O)(=O)O)cc2)C(=O)C1N=Nc1ccccc1Cc1ccccc1N=NC1C(=O)N(c2ccc(S(=O)(=O)O)cc2)N=C1C. The Morgan fingerprint density at radius 3 is 1.29 bits per heavy atom. The number of carbonyl (C=O) groups is 2. The average Bonchev–Trinajstić information content (AvgIpc) is 3.55. The van der Waals surface area contributed by atoms with E-state index in [0.717, 1.165) is 45.4 Å². The molecule has 0 fully saturated rings. The van der Waals surface area contributed by atoms with E-state index in [2.05, 4.69) is 30.7 Å². The minimum atomic E-state index is -4.40. The second-order valence-electron chi connectivity index (χ2n) is 11.4. The molecule has 0 bridgehead atoms. The molecule has 6 rings (SSSR count). The van der Waals surface area contributed by atoms with E-state index in [-0.39, 0.29) is 9.79 Å². The first-order valence-electron chi connectivity index (χ1n) is 15.1. The molecule has 260 valence electrons. The van der Waals surface area contributed by atoms with E-state index in [0.29, 0.717) is 40.6 Å². The Morgan fingerprint density at radius 1 is 0.588 bits per heavy atom. The molecule has 4 aromatic rings. The molecule has 0 saturated carbocycles. The fraction of sp³-hybridized carbons (Fsp3) is 0.152. The molecule has 0 spiro atoms. The number of rotatable bonds is 10. The minimum Gasteiger partial charge on any atom is -0.282 e. The maximum absolute atomic E-state index is 13.2. The number of hydrazone groups is 2. The fourth-order valence-corrected chi connectivity index (χ4v) is 6.19. The molecule has 4 aromatic carbocycles. The largest absolute Gasteiger partial charge is 0.294 e. The van der Waals surface area contributed by atoms with Gasteiger partial charge in [0, 0.05) is 6.42 Å². The standard InChI is InChI=1S/C33H28N8O8S2/c1-20-30(32(42)40(38-20)24-11-15-26(16-12-24)50(44,45)46)36-34-28-9-5-3-7-22(28)19-23-8-4-6-10-29(23)35-37-31-21(2)39-41(33(31)43)25-13-17-27(18-14-25)51(47,48)49/h3-18,30-31H,19H2,1-2H3,(H,44,45,46)(H,47,48,49). The highest BCUT2D eigenvalue weighted by atomic mass is 32.2. The molecule has 2 heterocycles. The smallest absolute Gasteiger partial charge is 0.282 e. The molecule has 0 radical (unpaired) electrons. The zero-order valence-electron chi connectivity index (χ0n) is 26.8. The number of azo groups is 2. The molecule has 0 saturated heterocycles. The lowest BCUT2D eigenvalue weighted by Crippen LogP contribution is -2.29. The highest BCUT2D eigenvalue weighted by Gasteiger charge is 2.36. The molecule has 18 heteroatoms. The van der Waals surface area contributed by atoms with Gasteiger partial charge in [0.15, 0.2) is 12.1 Å². The van der Waals surface area contributed by atoms with Crippen LogP contribution in [0.4, 0.5) is 22.7 Å². The van der Waals surface area contributed by atoms with Gasteiger partial charge in [-0.1, -0.05) is 36.4 Å². The third kappa shape index (κ3) is 7.53. The number of hydrogen-bond acceptors (Lipinski definition) is 12. The van der Waals surface area contributed by atoms with Crippen LogP contribution in [-0.2, 0) is 36.2 Å². The number of nitrogens with zero attached hydrogens (tertiary/aromatic N) is 8.